The molecule has 1 aromatic heterocycles. The van der Waals surface area contributed by atoms with Gasteiger partial charge in [-0.05, 0) is 0 Å². The molecular formula is C17H26N6O3. The van der Waals surface area contributed by atoms with Crippen molar-refractivity contribution in [3.8, 4) is 0 Å². The van der Waals surface area contributed by atoms with Crippen LogP contribution in [0.1, 0.15) is 28.2 Å². The van der Waals surface area contributed by atoms with Gasteiger partial charge in [0.05, 0.1) is 19.3 Å². The van der Waals surface area contributed by atoms with Gasteiger partial charge in [-0.15, -0.1) is 0 Å². The number of carbonyl (C=O) groups excluding carboxylic acids is 2. The van der Waals surface area contributed by atoms with Crippen LogP contribution in [-0.4, -0.2) is 90.3 Å². The van der Waals surface area contributed by atoms with Gasteiger partial charge in [-0.3, -0.25) is 19.6 Å². The molecule has 0 bridgehead atoms. The maximum atomic E-state index is 12.6. The maximum Gasteiger partial charge on any atom is 0.272 e. The second-order valence-electron chi connectivity index (χ2n) is 7.12. The molecule has 4 rings (SSSR count). The Morgan fingerprint density at radius 3 is 3.00 bits per heavy atom. The van der Waals surface area contributed by atoms with Gasteiger partial charge < -0.3 is 20.3 Å². The first-order chi connectivity index (χ1) is 12.7. The number of aromatic amines is 1. The average Bonchev–Trinajstić information content (AvgIpc) is 3.24. The van der Waals surface area contributed by atoms with Crippen molar-refractivity contribution in [1.29, 1.82) is 0 Å². The number of ether oxygens (including phenoxy) is 1. The first-order valence-electron chi connectivity index (χ1n) is 9.36. The van der Waals surface area contributed by atoms with Gasteiger partial charge in [0.1, 0.15) is 0 Å². The normalized spacial score (nSPS) is 23.9. The smallest absolute Gasteiger partial charge is 0.272 e. The third kappa shape index (κ3) is 3.74. The zero-order valence-corrected chi connectivity index (χ0v) is 14.9. The van der Waals surface area contributed by atoms with Crippen LogP contribution in [0.25, 0.3) is 0 Å². The number of carbonyl (C=O) groups is 2. The standard InChI is InChI=1S/C17H26N6O3/c24-15-9-12(11-23(15)4-3-22-5-7-26-8-6-22)19-17(25)16-13-10-18-2-1-14(13)20-21-16/h12,18H,1-11H2,(H,19,25)(H,20,21). The van der Waals surface area contributed by atoms with E-state index in [1.165, 1.54) is 0 Å². The van der Waals surface area contributed by atoms with E-state index in [9.17, 15) is 9.59 Å². The van der Waals surface area contributed by atoms with Crippen molar-refractivity contribution in [3.63, 3.8) is 0 Å². The lowest BCUT2D eigenvalue weighted by atomic mass is 10.1. The first-order valence-corrected chi connectivity index (χ1v) is 9.36. The minimum absolute atomic E-state index is 0.106. The predicted octanol–water partition coefficient (Wildman–Crippen LogP) is -1.28. The van der Waals surface area contributed by atoms with Crippen LogP contribution in [0.5, 0.6) is 0 Å². The molecule has 1 atom stereocenters. The summed E-state index contributed by atoms with van der Waals surface area (Å²) in [7, 11) is 0. The highest BCUT2D eigenvalue weighted by atomic mass is 16.5. The summed E-state index contributed by atoms with van der Waals surface area (Å²) in [5, 5.41) is 13.4. The van der Waals surface area contributed by atoms with Gasteiger partial charge in [0.25, 0.3) is 5.91 Å². The van der Waals surface area contributed by atoms with E-state index in [1.807, 2.05) is 4.90 Å². The molecule has 2 fully saturated rings. The third-order valence-electron chi connectivity index (χ3n) is 5.36. The molecule has 26 heavy (non-hydrogen) atoms. The third-order valence-corrected chi connectivity index (χ3v) is 5.36. The minimum atomic E-state index is -0.195. The zero-order chi connectivity index (χ0) is 17.9. The topological polar surface area (TPSA) is 103 Å². The highest BCUT2D eigenvalue weighted by molar-refractivity contribution is 5.95. The summed E-state index contributed by atoms with van der Waals surface area (Å²) in [5.74, 6) is -0.0895. The van der Waals surface area contributed by atoms with Crippen molar-refractivity contribution in [3.05, 3.63) is 17.0 Å². The highest BCUT2D eigenvalue weighted by Gasteiger charge is 2.32. The largest absolute Gasteiger partial charge is 0.379 e. The molecule has 0 aliphatic carbocycles. The lowest BCUT2D eigenvalue weighted by Crippen LogP contribution is -2.43. The fourth-order valence-corrected chi connectivity index (χ4v) is 3.84. The minimum Gasteiger partial charge on any atom is -0.379 e. The number of H-pyrrole nitrogens is 1. The molecular weight excluding hydrogens is 336 g/mol. The molecule has 0 aromatic carbocycles. The Hall–Kier alpha value is -1.97. The number of nitrogens with zero attached hydrogens (tertiary/aromatic N) is 3. The van der Waals surface area contributed by atoms with E-state index in [1.54, 1.807) is 0 Å². The molecule has 0 saturated carbocycles. The second-order valence-corrected chi connectivity index (χ2v) is 7.12. The molecule has 1 aromatic rings. The number of aromatic nitrogens is 2. The van der Waals surface area contributed by atoms with Gasteiger partial charge in [-0.25, -0.2) is 0 Å². The Morgan fingerprint density at radius 1 is 1.31 bits per heavy atom. The van der Waals surface area contributed by atoms with Crippen molar-refractivity contribution in [2.24, 2.45) is 0 Å². The molecule has 9 nitrogen and oxygen atoms in total. The fraction of sp³-hybridized carbons (Fsp3) is 0.706. The van der Waals surface area contributed by atoms with Gasteiger partial charge in [-0.1, -0.05) is 0 Å². The Kier molecular flexibility index (Phi) is 5.18. The Morgan fingerprint density at radius 2 is 2.15 bits per heavy atom. The fourth-order valence-electron chi connectivity index (χ4n) is 3.84. The van der Waals surface area contributed by atoms with E-state index in [-0.39, 0.29) is 17.9 Å². The molecule has 4 heterocycles. The molecule has 9 heteroatoms. The van der Waals surface area contributed by atoms with E-state index in [0.717, 1.165) is 57.1 Å². The molecule has 3 N–H and O–H groups in total. The molecule has 3 aliphatic heterocycles. The van der Waals surface area contributed by atoms with E-state index < -0.39 is 0 Å². The Labute approximate surface area is 152 Å². The van der Waals surface area contributed by atoms with Crippen LogP contribution >= 0.6 is 0 Å². The SMILES string of the molecule is O=C(NC1CC(=O)N(CCN2CCOCC2)C1)c1n[nH]c2c1CNCC2. The second kappa shape index (κ2) is 7.73. The van der Waals surface area contributed by atoms with E-state index >= 15 is 0 Å². The van der Waals surface area contributed by atoms with Gasteiger partial charge in [0.15, 0.2) is 5.69 Å². The molecule has 142 valence electrons. The van der Waals surface area contributed by atoms with Crippen LogP contribution in [0.15, 0.2) is 0 Å². The van der Waals surface area contributed by atoms with Crippen LogP contribution in [0.2, 0.25) is 0 Å². The summed E-state index contributed by atoms with van der Waals surface area (Å²) in [6, 6.07) is -0.149. The van der Waals surface area contributed by atoms with Crippen LogP contribution in [0.3, 0.4) is 0 Å². The summed E-state index contributed by atoms with van der Waals surface area (Å²) in [6.07, 6.45) is 1.21. The Bertz CT molecular complexity index is 669. The van der Waals surface area contributed by atoms with Crippen LogP contribution < -0.4 is 10.6 Å². The van der Waals surface area contributed by atoms with Crippen LogP contribution in [0.4, 0.5) is 0 Å². The number of morpholine rings is 1. The van der Waals surface area contributed by atoms with Gasteiger partial charge >= 0.3 is 0 Å². The Balaban J connectivity index is 1.29. The number of likely N-dealkylation sites (tertiary alicyclic amines) is 1. The molecule has 3 aliphatic rings. The van der Waals surface area contributed by atoms with E-state index in [2.05, 4.69) is 25.7 Å². The average molecular weight is 362 g/mol. The van der Waals surface area contributed by atoms with Crippen molar-refractivity contribution in [1.82, 2.24) is 30.6 Å². The van der Waals surface area contributed by atoms with Gasteiger partial charge in [-0.2, -0.15) is 5.10 Å². The quantitative estimate of drug-likeness (QED) is 0.603. The zero-order valence-electron chi connectivity index (χ0n) is 14.9. The molecule has 2 amide bonds. The summed E-state index contributed by atoms with van der Waals surface area (Å²) < 4.78 is 5.35. The van der Waals surface area contributed by atoms with Crippen molar-refractivity contribution in [2.45, 2.75) is 25.4 Å². The molecule has 0 radical (unpaired) electrons. The lowest BCUT2D eigenvalue weighted by Gasteiger charge is -2.28. The van der Waals surface area contributed by atoms with Crippen molar-refractivity contribution < 1.29 is 14.3 Å². The van der Waals surface area contributed by atoms with Crippen molar-refractivity contribution in [2.75, 3.05) is 52.5 Å². The van der Waals surface area contributed by atoms with Gasteiger partial charge in [0.2, 0.25) is 5.91 Å². The molecule has 2 saturated heterocycles. The number of rotatable bonds is 5. The number of amides is 2. The van der Waals surface area contributed by atoms with Crippen LogP contribution in [0, 0.1) is 0 Å². The summed E-state index contributed by atoms with van der Waals surface area (Å²) in [4.78, 5) is 29.0. The maximum absolute atomic E-state index is 12.6. The number of fused-ring (bicyclic) bond motifs is 1. The number of hydrogen-bond donors (Lipinski definition) is 3. The van der Waals surface area contributed by atoms with Gasteiger partial charge in [0, 0.05) is 69.9 Å². The summed E-state index contributed by atoms with van der Waals surface area (Å²) >= 11 is 0. The van der Waals surface area contributed by atoms with E-state index in [4.69, 9.17) is 4.74 Å². The predicted molar refractivity (Wildman–Crippen MR) is 93.7 cm³/mol. The van der Waals surface area contributed by atoms with Crippen molar-refractivity contribution >= 4 is 11.8 Å². The summed E-state index contributed by atoms with van der Waals surface area (Å²) in [6.45, 7) is 7.03. The molecule has 1 unspecified atom stereocenters. The highest BCUT2D eigenvalue weighted by Crippen LogP contribution is 2.17. The first kappa shape index (κ1) is 17.4. The monoisotopic (exact) mass is 362 g/mol. The summed E-state index contributed by atoms with van der Waals surface area (Å²) in [5.41, 5.74) is 2.43. The molecule has 0 spiro atoms. The number of nitrogens with one attached hydrogen (secondary N) is 3. The lowest BCUT2D eigenvalue weighted by molar-refractivity contribution is -0.128. The van der Waals surface area contributed by atoms with Crippen LogP contribution in [-0.2, 0) is 22.5 Å². The van der Waals surface area contributed by atoms with E-state index in [0.29, 0.717) is 31.7 Å². The number of hydrogen-bond acceptors (Lipinski definition) is 6.